The number of fused-ring (bicyclic) bond motifs is 1. The summed E-state index contributed by atoms with van der Waals surface area (Å²) >= 11 is 0. The summed E-state index contributed by atoms with van der Waals surface area (Å²) in [6, 6.07) is 12.9. The number of carboxylic acid groups (broad SMARTS) is 1. The monoisotopic (exact) mass is 395 g/mol. The molecule has 0 saturated carbocycles. The number of oxazole rings is 1. The van der Waals surface area contributed by atoms with Crippen molar-refractivity contribution in [2.45, 2.75) is 33.1 Å². The fraction of sp³-hybridized carbons (Fsp3) is 0.304. The van der Waals surface area contributed by atoms with Gasteiger partial charge in [-0.25, -0.2) is 4.98 Å². The first-order chi connectivity index (χ1) is 14.1. The Hall–Kier alpha value is -3.28. The molecule has 6 heteroatoms. The highest BCUT2D eigenvalue weighted by Crippen LogP contribution is 2.31. The SMILES string of the molecule is CCCOc1ccc(/C=C(\CC(=O)O)c2nc3ccccc3o2)c(OCCC)c1. The number of ether oxygens (including phenoxy) is 2. The van der Waals surface area contributed by atoms with Crippen molar-refractivity contribution in [2.24, 2.45) is 0 Å². The van der Waals surface area contributed by atoms with Gasteiger partial charge in [-0.2, -0.15) is 0 Å². The van der Waals surface area contributed by atoms with Gasteiger partial charge >= 0.3 is 5.97 Å². The quantitative estimate of drug-likeness (QED) is 0.493. The fourth-order valence-corrected chi connectivity index (χ4v) is 2.83. The number of hydrogen-bond acceptors (Lipinski definition) is 5. The van der Waals surface area contributed by atoms with E-state index in [4.69, 9.17) is 13.9 Å². The molecule has 3 rings (SSSR count). The van der Waals surface area contributed by atoms with E-state index in [1.165, 1.54) is 0 Å². The molecule has 0 saturated heterocycles. The second-order valence-corrected chi connectivity index (χ2v) is 6.62. The van der Waals surface area contributed by atoms with E-state index < -0.39 is 5.97 Å². The molecule has 0 fully saturated rings. The van der Waals surface area contributed by atoms with Crippen LogP contribution in [-0.4, -0.2) is 29.3 Å². The normalized spacial score (nSPS) is 11.6. The van der Waals surface area contributed by atoms with Crippen LogP contribution in [0.15, 0.2) is 46.9 Å². The number of hydrogen-bond donors (Lipinski definition) is 1. The Balaban J connectivity index is 2.02. The van der Waals surface area contributed by atoms with E-state index in [0.717, 1.165) is 24.2 Å². The molecule has 2 aromatic carbocycles. The van der Waals surface area contributed by atoms with E-state index in [1.54, 1.807) is 12.1 Å². The van der Waals surface area contributed by atoms with Crippen LogP contribution in [0.5, 0.6) is 11.5 Å². The second kappa shape index (κ2) is 9.78. The number of para-hydroxylation sites is 2. The van der Waals surface area contributed by atoms with Gasteiger partial charge in [-0.3, -0.25) is 4.79 Å². The minimum Gasteiger partial charge on any atom is -0.493 e. The number of aromatic nitrogens is 1. The molecule has 3 aromatic rings. The molecule has 1 heterocycles. The van der Waals surface area contributed by atoms with E-state index in [0.29, 0.717) is 41.5 Å². The predicted molar refractivity (Wildman–Crippen MR) is 112 cm³/mol. The van der Waals surface area contributed by atoms with Crippen LogP contribution in [0.4, 0.5) is 0 Å². The third-order valence-electron chi connectivity index (χ3n) is 4.16. The minimum atomic E-state index is -0.961. The van der Waals surface area contributed by atoms with Gasteiger partial charge < -0.3 is 19.0 Å². The molecule has 0 bridgehead atoms. The van der Waals surface area contributed by atoms with Gasteiger partial charge in [0.15, 0.2) is 5.58 Å². The molecule has 0 aliphatic rings. The zero-order valence-electron chi connectivity index (χ0n) is 16.7. The lowest BCUT2D eigenvalue weighted by atomic mass is 10.1. The van der Waals surface area contributed by atoms with Crippen molar-refractivity contribution in [3.63, 3.8) is 0 Å². The van der Waals surface area contributed by atoms with Crippen LogP contribution in [0.2, 0.25) is 0 Å². The molecule has 0 radical (unpaired) electrons. The maximum absolute atomic E-state index is 11.5. The third-order valence-corrected chi connectivity index (χ3v) is 4.16. The van der Waals surface area contributed by atoms with Crippen LogP contribution in [-0.2, 0) is 4.79 Å². The van der Waals surface area contributed by atoms with Gasteiger partial charge in [0, 0.05) is 17.2 Å². The Kier molecular flexibility index (Phi) is 6.89. The Bertz CT molecular complexity index is 972. The Morgan fingerprint density at radius 2 is 1.86 bits per heavy atom. The summed E-state index contributed by atoms with van der Waals surface area (Å²) in [5.41, 5.74) is 2.52. The molecule has 152 valence electrons. The summed E-state index contributed by atoms with van der Waals surface area (Å²) in [5, 5.41) is 9.39. The van der Waals surface area contributed by atoms with Crippen LogP contribution in [0.25, 0.3) is 22.7 Å². The van der Waals surface area contributed by atoms with Crippen molar-refractivity contribution in [2.75, 3.05) is 13.2 Å². The largest absolute Gasteiger partial charge is 0.493 e. The van der Waals surface area contributed by atoms with Gasteiger partial charge in [0.05, 0.1) is 19.6 Å². The first-order valence-electron chi connectivity index (χ1n) is 9.78. The molecule has 0 unspecified atom stereocenters. The topological polar surface area (TPSA) is 81.8 Å². The highest BCUT2D eigenvalue weighted by atomic mass is 16.5. The molecular weight excluding hydrogens is 370 g/mol. The summed E-state index contributed by atoms with van der Waals surface area (Å²) in [5.74, 6) is 0.690. The molecule has 0 spiro atoms. The van der Waals surface area contributed by atoms with Crippen LogP contribution >= 0.6 is 0 Å². The molecule has 6 nitrogen and oxygen atoms in total. The minimum absolute atomic E-state index is 0.214. The lowest BCUT2D eigenvalue weighted by molar-refractivity contribution is -0.135. The van der Waals surface area contributed by atoms with Gasteiger partial charge in [-0.15, -0.1) is 0 Å². The zero-order valence-corrected chi connectivity index (χ0v) is 16.7. The number of carboxylic acids is 1. The zero-order chi connectivity index (χ0) is 20.6. The van der Waals surface area contributed by atoms with E-state index in [1.807, 2.05) is 50.2 Å². The first kappa shape index (κ1) is 20.5. The smallest absolute Gasteiger partial charge is 0.308 e. The molecule has 0 amide bonds. The second-order valence-electron chi connectivity index (χ2n) is 6.62. The standard InChI is InChI=1S/C23H25NO5/c1-3-11-27-18-10-9-16(21(15-18)28-12-4-2)13-17(14-22(25)26)23-24-19-7-5-6-8-20(19)29-23/h5-10,13,15H,3-4,11-12,14H2,1-2H3,(H,25,26)/b17-13+. The Morgan fingerprint density at radius 3 is 2.59 bits per heavy atom. The van der Waals surface area contributed by atoms with Crippen LogP contribution in [0.1, 0.15) is 44.6 Å². The Morgan fingerprint density at radius 1 is 1.10 bits per heavy atom. The summed E-state index contributed by atoms with van der Waals surface area (Å²) < 4.78 is 17.4. The summed E-state index contributed by atoms with van der Waals surface area (Å²) in [7, 11) is 0. The van der Waals surface area contributed by atoms with Crippen molar-refractivity contribution in [3.05, 3.63) is 53.9 Å². The lowest BCUT2D eigenvalue weighted by Crippen LogP contribution is -2.01. The number of aliphatic carboxylic acids is 1. The lowest BCUT2D eigenvalue weighted by Gasteiger charge is -2.12. The van der Waals surface area contributed by atoms with Gasteiger partial charge in [0.2, 0.25) is 5.89 Å². The molecule has 1 aromatic heterocycles. The highest BCUT2D eigenvalue weighted by molar-refractivity contribution is 5.91. The van der Waals surface area contributed by atoms with Gasteiger partial charge in [0.1, 0.15) is 17.0 Å². The fourth-order valence-electron chi connectivity index (χ4n) is 2.83. The van der Waals surface area contributed by atoms with Gasteiger partial charge in [0.25, 0.3) is 0 Å². The summed E-state index contributed by atoms with van der Waals surface area (Å²) in [6.07, 6.45) is 3.31. The van der Waals surface area contributed by atoms with Crippen LogP contribution in [0, 0.1) is 0 Å². The number of carbonyl (C=O) groups is 1. The number of rotatable bonds is 10. The molecular formula is C23H25NO5. The van der Waals surface area contributed by atoms with Crippen molar-refractivity contribution in [1.82, 2.24) is 4.98 Å². The van der Waals surface area contributed by atoms with Crippen molar-refractivity contribution in [3.8, 4) is 11.5 Å². The maximum Gasteiger partial charge on any atom is 0.308 e. The van der Waals surface area contributed by atoms with E-state index in [9.17, 15) is 9.90 Å². The van der Waals surface area contributed by atoms with Crippen LogP contribution in [0.3, 0.4) is 0 Å². The molecule has 29 heavy (non-hydrogen) atoms. The van der Waals surface area contributed by atoms with Gasteiger partial charge in [-0.1, -0.05) is 26.0 Å². The van der Waals surface area contributed by atoms with E-state index >= 15 is 0 Å². The summed E-state index contributed by atoms with van der Waals surface area (Å²) in [4.78, 5) is 15.9. The third kappa shape index (κ3) is 5.38. The molecule has 0 aliphatic heterocycles. The van der Waals surface area contributed by atoms with E-state index in [2.05, 4.69) is 4.98 Å². The van der Waals surface area contributed by atoms with Gasteiger partial charge in [-0.05, 0) is 43.2 Å². The van der Waals surface area contributed by atoms with Crippen molar-refractivity contribution in [1.29, 1.82) is 0 Å². The number of benzene rings is 2. The Labute approximate surface area is 169 Å². The van der Waals surface area contributed by atoms with Crippen molar-refractivity contribution < 1.29 is 23.8 Å². The highest BCUT2D eigenvalue weighted by Gasteiger charge is 2.16. The number of nitrogens with zero attached hydrogens (tertiary/aromatic N) is 1. The first-order valence-corrected chi connectivity index (χ1v) is 9.78. The average Bonchev–Trinajstić information content (AvgIpc) is 3.15. The average molecular weight is 395 g/mol. The molecule has 1 N–H and O–H groups in total. The van der Waals surface area contributed by atoms with Crippen LogP contribution < -0.4 is 9.47 Å². The maximum atomic E-state index is 11.5. The molecule has 0 aliphatic carbocycles. The van der Waals surface area contributed by atoms with E-state index in [-0.39, 0.29) is 6.42 Å². The van der Waals surface area contributed by atoms with Crippen molar-refractivity contribution >= 4 is 28.7 Å². The predicted octanol–water partition coefficient (Wildman–Crippen LogP) is 5.42. The summed E-state index contributed by atoms with van der Waals surface area (Å²) in [6.45, 7) is 5.25. The molecule has 0 atom stereocenters.